The fourth-order valence-corrected chi connectivity index (χ4v) is 3.85. The molecule has 5 rings (SSSR count). The Kier molecular flexibility index (Phi) is 6.69. The number of carbonyl (C=O) groups is 2. The van der Waals surface area contributed by atoms with Crippen LogP contribution in [0.15, 0.2) is 103 Å². The fraction of sp³-hybridized carbons (Fsp3) is 0.0345. The van der Waals surface area contributed by atoms with Gasteiger partial charge in [0.1, 0.15) is 0 Å². The van der Waals surface area contributed by atoms with Crippen LogP contribution >= 0.6 is 11.6 Å². The van der Waals surface area contributed by atoms with Gasteiger partial charge in [0.25, 0.3) is 5.91 Å². The average Bonchev–Trinajstić information content (AvgIpc) is 2.93. The van der Waals surface area contributed by atoms with Gasteiger partial charge in [-0.25, -0.2) is 14.8 Å². The number of anilines is 1. The first kappa shape index (κ1) is 23.2. The SMILES string of the molecule is O=C(COC(=O)c1ccc2nc(-c3ccccc3)c(-c3ccccc3)nc2c1)Nc1ccc(Cl)cc1. The number of hydrogen-bond acceptors (Lipinski definition) is 5. The van der Waals surface area contributed by atoms with Gasteiger partial charge in [-0.2, -0.15) is 0 Å². The molecule has 1 N–H and O–H groups in total. The Bertz CT molecular complexity index is 1540. The van der Waals surface area contributed by atoms with E-state index in [-0.39, 0.29) is 5.56 Å². The normalized spacial score (nSPS) is 10.7. The highest BCUT2D eigenvalue weighted by Gasteiger charge is 2.16. The van der Waals surface area contributed by atoms with Crippen LogP contribution in [0.4, 0.5) is 5.69 Å². The molecule has 0 bridgehead atoms. The summed E-state index contributed by atoms with van der Waals surface area (Å²) in [6.07, 6.45) is 0. The number of benzene rings is 4. The largest absolute Gasteiger partial charge is 0.452 e. The van der Waals surface area contributed by atoms with Crippen LogP contribution in [0.2, 0.25) is 5.02 Å². The lowest BCUT2D eigenvalue weighted by molar-refractivity contribution is -0.119. The van der Waals surface area contributed by atoms with Crippen LogP contribution < -0.4 is 5.32 Å². The summed E-state index contributed by atoms with van der Waals surface area (Å²) in [4.78, 5) is 34.6. The Morgan fingerprint density at radius 1 is 0.722 bits per heavy atom. The maximum Gasteiger partial charge on any atom is 0.338 e. The molecule has 7 heteroatoms. The Hall–Kier alpha value is -4.55. The minimum absolute atomic E-state index is 0.280. The molecule has 36 heavy (non-hydrogen) atoms. The summed E-state index contributed by atoms with van der Waals surface area (Å²) in [6.45, 7) is -0.423. The van der Waals surface area contributed by atoms with Crippen LogP contribution in [0.3, 0.4) is 0 Å². The summed E-state index contributed by atoms with van der Waals surface area (Å²) in [5.74, 6) is -1.08. The number of esters is 1. The van der Waals surface area contributed by atoms with Gasteiger partial charge in [0, 0.05) is 21.8 Å². The highest BCUT2D eigenvalue weighted by atomic mass is 35.5. The van der Waals surface area contributed by atoms with E-state index in [9.17, 15) is 9.59 Å². The quantitative estimate of drug-likeness (QED) is 0.276. The van der Waals surface area contributed by atoms with Crippen molar-refractivity contribution in [3.63, 3.8) is 0 Å². The lowest BCUT2D eigenvalue weighted by Crippen LogP contribution is -2.20. The van der Waals surface area contributed by atoms with Crippen molar-refractivity contribution in [2.45, 2.75) is 0 Å². The monoisotopic (exact) mass is 493 g/mol. The van der Waals surface area contributed by atoms with Crippen molar-refractivity contribution in [3.8, 4) is 22.5 Å². The molecule has 1 aromatic heterocycles. The number of aromatic nitrogens is 2. The number of hydrogen-bond donors (Lipinski definition) is 1. The predicted molar refractivity (Wildman–Crippen MR) is 141 cm³/mol. The standard InChI is InChI=1S/C29H20ClN3O3/c30-22-12-14-23(15-13-22)31-26(34)18-36-29(35)21-11-16-24-25(17-21)33-28(20-9-5-2-6-10-20)27(32-24)19-7-3-1-4-8-19/h1-17H,18H2,(H,31,34). The van der Waals surface area contributed by atoms with Gasteiger partial charge in [-0.1, -0.05) is 72.3 Å². The fourth-order valence-electron chi connectivity index (χ4n) is 3.72. The zero-order valence-corrected chi connectivity index (χ0v) is 19.8. The Labute approximate surface area is 212 Å². The lowest BCUT2D eigenvalue weighted by atomic mass is 10.0. The van der Waals surface area contributed by atoms with Gasteiger partial charge >= 0.3 is 5.97 Å². The highest BCUT2D eigenvalue weighted by molar-refractivity contribution is 6.30. The molecule has 0 saturated carbocycles. The van der Waals surface area contributed by atoms with E-state index in [2.05, 4.69) is 5.32 Å². The van der Waals surface area contributed by atoms with Crippen LogP contribution in [-0.2, 0) is 9.53 Å². The summed E-state index contributed by atoms with van der Waals surface area (Å²) in [6, 6.07) is 31.2. The molecule has 4 aromatic carbocycles. The second kappa shape index (κ2) is 10.4. The lowest BCUT2D eigenvalue weighted by Gasteiger charge is -2.11. The molecule has 0 fully saturated rings. The van der Waals surface area contributed by atoms with Gasteiger partial charge in [0.2, 0.25) is 0 Å². The first-order chi connectivity index (χ1) is 17.6. The number of carbonyl (C=O) groups excluding carboxylic acids is 2. The van der Waals surface area contributed by atoms with E-state index in [0.717, 1.165) is 16.8 Å². The third-order valence-corrected chi connectivity index (χ3v) is 5.71. The topological polar surface area (TPSA) is 81.2 Å². The number of amides is 1. The first-order valence-corrected chi connectivity index (χ1v) is 11.6. The van der Waals surface area contributed by atoms with E-state index >= 15 is 0 Å². The molecule has 0 aliphatic rings. The van der Waals surface area contributed by atoms with E-state index in [4.69, 9.17) is 26.3 Å². The van der Waals surface area contributed by atoms with Crippen molar-refractivity contribution in [3.05, 3.63) is 114 Å². The van der Waals surface area contributed by atoms with E-state index in [1.807, 2.05) is 60.7 Å². The van der Waals surface area contributed by atoms with Gasteiger partial charge < -0.3 is 10.1 Å². The maximum atomic E-state index is 12.7. The van der Waals surface area contributed by atoms with Gasteiger partial charge in [-0.05, 0) is 42.5 Å². The van der Waals surface area contributed by atoms with E-state index in [1.165, 1.54) is 0 Å². The molecule has 0 saturated heterocycles. The number of fused-ring (bicyclic) bond motifs is 1. The maximum absolute atomic E-state index is 12.7. The van der Waals surface area contributed by atoms with Crippen LogP contribution in [-0.4, -0.2) is 28.5 Å². The summed E-state index contributed by atoms with van der Waals surface area (Å²) in [7, 11) is 0. The second-order valence-electron chi connectivity index (χ2n) is 7.99. The zero-order chi connectivity index (χ0) is 24.9. The second-order valence-corrected chi connectivity index (χ2v) is 8.42. The van der Waals surface area contributed by atoms with Crippen molar-refractivity contribution in [1.29, 1.82) is 0 Å². The molecule has 0 aliphatic heterocycles. The number of nitrogens with one attached hydrogen (secondary N) is 1. The summed E-state index contributed by atoms with van der Waals surface area (Å²) >= 11 is 5.85. The van der Waals surface area contributed by atoms with Gasteiger partial charge in [-0.3, -0.25) is 4.79 Å². The minimum Gasteiger partial charge on any atom is -0.452 e. The third-order valence-electron chi connectivity index (χ3n) is 5.46. The molecule has 5 aromatic rings. The summed E-state index contributed by atoms with van der Waals surface area (Å²) in [5, 5.41) is 3.22. The molecule has 1 heterocycles. The van der Waals surface area contributed by atoms with Crippen molar-refractivity contribution in [2.24, 2.45) is 0 Å². The molecular formula is C29H20ClN3O3. The first-order valence-electron chi connectivity index (χ1n) is 11.2. The third kappa shape index (κ3) is 5.24. The number of halogens is 1. The minimum atomic E-state index is -0.627. The molecular weight excluding hydrogens is 474 g/mol. The van der Waals surface area contributed by atoms with Crippen molar-refractivity contribution in [2.75, 3.05) is 11.9 Å². The Balaban J connectivity index is 1.40. The van der Waals surface area contributed by atoms with Gasteiger partial charge in [-0.15, -0.1) is 0 Å². The van der Waals surface area contributed by atoms with E-state index < -0.39 is 18.5 Å². The van der Waals surface area contributed by atoms with E-state index in [0.29, 0.717) is 27.4 Å². The van der Waals surface area contributed by atoms with Gasteiger partial charge in [0.15, 0.2) is 6.61 Å². The molecule has 0 aliphatic carbocycles. The molecule has 176 valence electrons. The highest BCUT2D eigenvalue weighted by Crippen LogP contribution is 2.31. The molecule has 0 spiro atoms. The van der Waals surface area contributed by atoms with Crippen LogP contribution in [0, 0.1) is 0 Å². The number of nitrogens with zero attached hydrogens (tertiary/aromatic N) is 2. The number of ether oxygens (including phenoxy) is 1. The Morgan fingerprint density at radius 2 is 1.31 bits per heavy atom. The average molecular weight is 494 g/mol. The molecule has 0 atom stereocenters. The van der Waals surface area contributed by atoms with Crippen molar-refractivity contribution in [1.82, 2.24) is 9.97 Å². The Morgan fingerprint density at radius 3 is 1.92 bits per heavy atom. The molecule has 0 unspecified atom stereocenters. The zero-order valence-electron chi connectivity index (χ0n) is 19.0. The van der Waals surface area contributed by atoms with Crippen LogP contribution in [0.25, 0.3) is 33.5 Å². The molecule has 0 radical (unpaired) electrons. The van der Waals surface area contributed by atoms with E-state index in [1.54, 1.807) is 42.5 Å². The summed E-state index contributed by atoms with van der Waals surface area (Å²) in [5.41, 5.74) is 5.36. The number of rotatable bonds is 6. The predicted octanol–water partition coefficient (Wildman–Crippen LogP) is 6.41. The van der Waals surface area contributed by atoms with Crippen molar-refractivity contribution < 1.29 is 14.3 Å². The molecule has 6 nitrogen and oxygen atoms in total. The van der Waals surface area contributed by atoms with Gasteiger partial charge in [0.05, 0.1) is 28.0 Å². The summed E-state index contributed by atoms with van der Waals surface area (Å²) < 4.78 is 5.22. The smallest absolute Gasteiger partial charge is 0.338 e. The van der Waals surface area contributed by atoms with Crippen LogP contribution in [0.1, 0.15) is 10.4 Å². The van der Waals surface area contributed by atoms with Crippen molar-refractivity contribution >= 4 is 40.2 Å². The van der Waals surface area contributed by atoms with Crippen LogP contribution in [0.5, 0.6) is 0 Å². The molecule has 1 amide bonds.